The van der Waals surface area contributed by atoms with Crippen LogP contribution in [0.3, 0.4) is 0 Å². The Balaban J connectivity index is 2.13. The quantitative estimate of drug-likeness (QED) is 0.727. The second-order valence-electron chi connectivity index (χ2n) is 5.54. The van der Waals surface area contributed by atoms with Crippen LogP contribution in [-0.2, 0) is 5.11 Å². The number of rotatable bonds is 5. The van der Waals surface area contributed by atoms with Crippen molar-refractivity contribution in [2.24, 2.45) is 0 Å². The molecular formula is C21H20NO. The molecule has 0 spiro atoms. The highest BCUT2D eigenvalue weighted by Gasteiger charge is 2.15. The number of hydrogen-bond donors (Lipinski definition) is 1. The van der Waals surface area contributed by atoms with E-state index in [1.165, 1.54) is 0 Å². The number of likely N-dealkylation sites (N-methyl/N-ethyl adjacent to an activating group) is 1. The van der Waals surface area contributed by atoms with Crippen molar-refractivity contribution in [2.75, 3.05) is 13.7 Å². The maximum atomic E-state index is 11.6. The van der Waals surface area contributed by atoms with Crippen LogP contribution in [0.4, 0.5) is 0 Å². The smallest absolute Gasteiger partial charge is 0.102 e. The highest BCUT2D eigenvalue weighted by atomic mass is 16.3. The minimum absolute atomic E-state index is 0.186. The van der Waals surface area contributed by atoms with Gasteiger partial charge in [0.05, 0.1) is 6.04 Å². The Morgan fingerprint density at radius 3 is 1.96 bits per heavy atom. The van der Waals surface area contributed by atoms with Crippen molar-refractivity contribution >= 4 is 0 Å². The summed E-state index contributed by atoms with van der Waals surface area (Å²) in [5.74, 6) is 0. The molecule has 0 aliphatic rings. The highest BCUT2D eigenvalue weighted by molar-refractivity contribution is 5.74. The van der Waals surface area contributed by atoms with Crippen LogP contribution in [0, 0.1) is 0 Å². The van der Waals surface area contributed by atoms with E-state index in [4.69, 9.17) is 0 Å². The van der Waals surface area contributed by atoms with E-state index in [0.29, 0.717) is 0 Å². The molecule has 0 aromatic heterocycles. The average Bonchev–Trinajstić information content (AvgIpc) is 2.64. The lowest BCUT2D eigenvalue weighted by atomic mass is 9.91. The molecule has 0 fully saturated rings. The first-order valence-electron chi connectivity index (χ1n) is 7.83. The average molecular weight is 302 g/mol. The fourth-order valence-electron chi connectivity index (χ4n) is 2.87. The Kier molecular flexibility index (Phi) is 4.86. The maximum absolute atomic E-state index is 11.6. The molecule has 0 amide bonds. The zero-order valence-corrected chi connectivity index (χ0v) is 13.2. The molecule has 3 aromatic carbocycles. The topological polar surface area (TPSA) is 31.9 Å². The van der Waals surface area contributed by atoms with Gasteiger partial charge in [-0.1, -0.05) is 72.8 Å². The van der Waals surface area contributed by atoms with E-state index in [-0.39, 0.29) is 12.6 Å². The van der Waals surface area contributed by atoms with Gasteiger partial charge < -0.3 is 5.32 Å². The Bertz CT molecular complexity index is 749. The predicted octanol–water partition coefficient (Wildman–Crippen LogP) is 4.71. The fraction of sp³-hybridized carbons (Fsp3) is 0.143. The van der Waals surface area contributed by atoms with E-state index in [1.807, 2.05) is 43.4 Å². The van der Waals surface area contributed by atoms with Crippen molar-refractivity contribution in [2.45, 2.75) is 6.04 Å². The number of nitrogens with one attached hydrogen (secondary N) is 1. The van der Waals surface area contributed by atoms with Gasteiger partial charge in [-0.25, -0.2) is 5.11 Å². The summed E-state index contributed by atoms with van der Waals surface area (Å²) < 4.78 is 0. The predicted molar refractivity (Wildman–Crippen MR) is 94.7 cm³/mol. The van der Waals surface area contributed by atoms with E-state index in [2.05, 4.69) is 47.8 Å². The summed E-state index contributed by atoms with van der Waals surface area (Å²) in [6.45, 7) is -0.186. The van der Waals surface area contributed by atoms with Gasteiger partial charge in [-0.2, -0.15) is 0 Å². The highest BCUT2D eigenvalue weighted by Crippen LogP contribution is 2.32. The van der Waals surface area contributed by atoms with Crippen LogP contribution in [0.25, 0.3) is 22.3 Å². The molecule has 115 valence electrons. The van der Waals surface area contributed by atoms with Crippen LogP contribution >= 0.6 is 0 Å². The normalized spacial score (nSPS) is 12.1. The molecule has 3 aromatic rings. The molecule has 1 radical (unpaired) electrons. The standard InChI is InChI=1S/C21H20NO/c1-22-21(15-23)20-14-18(16-8-4-2-5-9-16)12-13-19(20)17-10-6-3-7-11-17/h2-14,21-22H,15H2,1H3. The van der Waals surface area contributed by atoms with Crippen molar-refractivity contribution in [3.8, 4) is 22.3 Å². The minimum Gasteiger partial charge on any atom is -0.311 e. The summed E-state index contributed by atoms with van der Waals surface area (Å²) >= 11 is 0. The van der Waals surface area contributed by atoms with Crippen molar-refractivity contribution in [3.63, 3.8) is 0 Å². The molecule has 3 rings (SSSR count). The molecule has 1 unspecified atom stereocenters. The summed E-state index contributed by atoms with van der Waals surface area (Å²) in [6.07, 6.45) is 0. The van der Waals surface area contributed by atoms with Gasteiger partial charge in [0.2, 0.25) is 0 Å². The van der Waals surface area contributed by atoms with Crippen molar-refractivity contribution in [1.29, 1.82) is 0 Å². The molecule has 0 aliphatic carbocycles. The number of hydrogen-bond acceptors (Lipinski definition) is 1. The first kappa shape index (κ1) is 15.5. The molecule has 1 N–H and O–H groups in total. The van der Waals surface area contributed by atoms with Gasteiger partial charge in [0.25, 0.3) is 0 Å². The van der Waals surface area contributed by atoms with Gasteiger partial charge in [-0.15, -0.1) is 0 Å². The zero-order chi connectivity index (χ0) is 16.1. The largest absolute Gasteiger partial charge is 0.311 e. The fourth-order valence-corrected chi connectivity index (χ4v) is 2.87. The molecule has 1 atom stereocenters. The summed E-state index contributed by atoms with van der Waals surface area (Å²) in [7, 11) is 1.84. The van der Waals surface area contributed by atoms with Crippen LogP contribution in [0.2, 0.25) is 0 Å². The molecular weight excluding hydrogens is 282 g/mol. The van der Waals surface area contributed by atoms with Crippen LogP contribution in [0.5, 0.6) is 0 Å². The second-order valence-corrected chi connectivity index (χ2v) is 5.54. The van der Waals surface area contributed by atoms with E-state index < -0.39 is 0 Å². The molecule has 0 bridgehead atoms. The molecule has 2 heteroatoms. The van der Waals surface area contributed by atoms with Crippen molar-refractivity contribution in [3.05, 3.63) is 84.4 Å². The number of benzene rings is 3. The Hall–Kier alpha value is -2.42. The molecule has 2 nitrogen and oxygen atoms in total. The molecule has 0 saturated heterocycles. The third-order valence-corrected chi connectivity index (χ3v) is 4.13. The summed E-state index contributed by atoms with van der Waals surface area (Å²) in [4.78, 5) is 0. The van der Waals surface area contributed by atoms with Crippen LogP contribution < -0.4 is 5.32 Å². The molecule has 0 heterocycles. The minimum atomic E-state index is -0.200. The van der Waals surface area contributed by atoms with E-state index in [1.54, 1.807) is 0 Å². The molecule has 23 heavy (non-hydrogen) atoms. The van der Waals surface area contributed by atoms with Crippen LogP contribution in [-0.4, -0.2) is 13.7 Å². The monoisotopic (exact) mass is 302 g/mol. The van der Waals surface area contributed by atoms with Crippen molar-refractivity contribution in [1.82, 2.24) is 5.32 Å². The third kappa shape index (κ3) is 3.34. The van der Waals surface area contributed by atoms with Gasteiger partial charge in [0.15, 0.2) is 0 Å². The van der Waals surface area contributed by atoms with E-state index in [0.717, 1.165) is 27.8 Å². The van der Waals surface area contributed by atoms with Gasteiger partial charge in [0.1, 0.15) is 6.61 Å². The summed E-state index contributed by atoms with van der Waals surface area (Å²) in [5, 5.41) is 14.8. The maximum Gasteiger partial charge on any atom is 0.102 e. The SMILES string of the molecule is CNC(C[O])c1cc(-c2ccccc2)ccc1-c1ccccc1. The van der Waals surface area contributed by atoms with Gasteiger partial charge in [0, 0.05) is 0 Å². The molecule has 0 aliphatic heterocycles. The second kappa shape index (κ2) is 7.23. The van der Waals surface area contributed by atoms with Crippen LogP contribution in [0.1, 0.15) is 11.6 Å². The Morgan fingerprint density at radius 1 is 0.783 bits per heavy atom. The van der Waals surface area contributed by atoms with E-state index >= 15 is 0 Å². The zero-order valence-electron chi connectivity index (χ0n) is 13.2. The van der Waals surface area contributed by atoms with Crippen LogP contribution in [0.15, 0.2) is 78.9 Å². The first-order chi connectivity index (χ1) is 11.3. The first-order valence-corrected chi connectivity index (χ1v) is 7.83. The third-order valence-electron chi connectivity index (χ3n) is 4.13. The van der Waals surface area contributed by atoms with E-state index in [9.17, 15) is 5.11 Å². The Morgan fingerprint density at radius 2 is 1.39 bits per heavy atom. The van der Waals surface area contributed by atoms with Gasteiger partial charge in [-0.3, -0.25) is 0 Å². The lowest BCUT2D eigenvalue weighted by Gasteiger charge is -2.19. The van der Waals surface area contributed by atoms with Crippen molar-refractivity contribution < 1.29 is 5.11 Å². The Labute approximate surface area is 137 Å². The van der Waals surface area contributed by atoms with Gasteiger partial charge >= 0.3 is 0 Å². The van der Waals surface area contributed by atoms with Gasteiger partial charge in [-0.05, 0) is 40.9 Å². The lowest BCUT2D eigenvalue weighted by molar-refractivity contribution is 0.162. The molecule has 0 saturated carbocycles. The lowest BCUT2D eigenvalue weighted by Crippen LogP contribution is -2.20. The summed E-state index contributed by atoms with van der Waals surface area (Å²) in [5.41, 5.74) is 5.59. The summed E-state index contributed by atoms with van der Waals surface area (Å²) in [6, 6.07) is 26.6.